The number of benzene rings is 2. The summed E-state index contributed by atoms with van der Waals surface area (Å²) in [4.78, 5) is 26.0. The van der Waals surface area contributed by atoms with Crippen LogP contribution in [0.15, 0.2) is 87.0 Å². The first-order chi connectivity index (χ1) is 14.9. The van der Waals surface area contributed by atoms with Crippen LogP contribution >= 0.6 is 0 Å². The first-order valence-electron chi connectivity index (χ1n) is 10.3. The van der Waals surface area contributed by atoms with Crippen molar-refractivity contribution in [1.82, 2.24) is 9.78 Å². The second-order valence-corrected chi connectivity index (χ2v) is 8.82. The first-order valence-corrected chi connectivity index (χ1v) is 10.3. The Balaban J connectivity index is 1.67. The second-order valence-electron chi connectivity index (χ2n) is 8.82. The van der Waals surface area contributed by atoms with Gasteiger partial charge < -0.3 is 5.32 Å². The van der Waals surface area contributed by atoms with E-state index in [1.54, 1.807) is 4.68 Å². The summed E-state index contributed by atoms with van der Waals surface area (Å²) in [7, 11) is 0. The minimum absolute atomic E-state index is 0.0975. The fourth-order valence-electron chi connectivity index (χ4n) is 4.43. The molecular formula is C24H23N5O2. The number of aromatic nitrogens is 2. The minimum Gasteiger partial charge on any atom is -0.342 e. The van der Waals surface area contributed by atoms with Crippen LogP contribution in [-0.4, -0.2) is 15.6 Å². The number of carbonyl (C=O) groups excluding carboxylic acids is 1. The van der Waals surface area contributed by atoms with Crippen LogP contribution in [-0.2, 0) is 4.79 Å². The van der Waals surface area contributed by atoms with Crippen LogP contribution in [0.25, 0.3) is 0 Å². The number of nitrogens with one attached hydrogen (secondary N) is 2. The Kier molecular flexibility index (Phi) is 4.46. The monoisotopic (exact) mass is 413 g/mol. The van der Waals surface area contributed by atoms with Gasteiger partial charge in [-0.2, -0.15) is 5.11 Å². The molecule has 0 saturated heterocycles. The van der Waals surface area contributed by atoms with Gasteiger partial charge in [0.2, 0.25) is 0 Å². The van der Waals surface area contributed by atoms with Crippen LogP contribution in [0.3, 0.4) is 0 Å². The van der Waals surface area contributed by atoms with Gasteiger partial charge in [0.05, 0.1) is 5.69 Å². The predicted molar refractivity (Wildman–Crippen MR) is 119 cm³/mol. The summed E-state index contributed by atoms with van der Waals surface area (Å²) < 4.78 is 1.71. The molecule has 2 heterocycles. The van der Waals surface area contributed by atoms with Crippen molar-refractivity contribution in [1.29, 1.82) is 0 Å². The molecule has 2 aromatic carbocycles. The molecule has 1 aliphatic carbocycles. The molecule has 2 N–H and O–H groups in total. The van der Waals surface area contributed by atoms with Gasteiger partial charge in [0.25, 0.3) is 5.56 Å². The highest BCUT2D eigenvalue weighted by molar-refractivity contribution is 6.00. The number of anilines is 1. The van der Waals surface area contributed by atoms with Gasteiger partial charge in [0.15, 0.2) is 17.3 Å². The zero-order valence-electron chi connectivity index (χ0n) is 17.4. The maximum absolute atomic E-state index is 13.2. The molecule has 0 bridgehead atoms. The number of H-pyrrole nitrogens is 1. The summed E-state index contributed by atoms with van der Waals surface area (Å²) in [5, 5.41) is 14.7. The summed E-state index contributed by atoms with van der Waals surface area (Å²) in [5.74, 6) is 0.628. The standard InChI is InChI=1S/C24H23N5O2/c1-24(2)13-17-19(18(30)14-24)21(15-9-5-3-6-10-15)29-22(25-17)20(23(31)28-29)27-26-16-11-7-4-8-12-16/h3-12,21,25H,13-14H2,1-2H3,(H,28,31). The number of nitrogens with zero attached hydrogens (tertiary/aromatic N) is 3. The number of Topliss-reactive ketones (excluding diaryl/α,β-unsaturated/α-hetero) is 1. The van der Waals surface area contributed by atoms with E-state index in [1.165, 1.54) is 0 Å². The van der Waals surface area contributed by atoms with E-state index in [4.69, 9.17) is 0 Å². The average molecular weight is 413 g/mol. The van der Waals surface area contributed by atoms with E-state index in [2.05, 4.69) is 34.5 Å². The number of ketones is 1. The minimum atomic E-state index is -0.413. The molecule has 0 spiro atoms. The van der Waals surface area contributed by atoms with Crippen LogP contribution in [0, 0.1) is 5.41 Å². The van der Waals surface area contributed by atoms with E-state index in [9.17, 15) is 9.59 Å². The maximum atomic E-state index is 13.2. The first kappa shape index (κ1) is 19.2. The van der Waals surface area contributed by atoms with Gasteiger partial charge in [0, 0.05) is 17.7 Å². The molecule has 1 unspecified atom stereocenters. The molecule has 1 aromatic heterocycles. The van der Waals surface area contributed by atoms with E-state index in [-0.39, 0.29) is 22.4 Å². The van der Waals surface area contributed by atoms with Crippen LogP contribution in [0.4, 0.5) is 17.2 Å². The summed E-state index contributed by atoms with van der Waals surface area (Å²) >= 11 is 0. The SMILES string of the molecule is CC1(C)CC(=O)C2=C(C1)Nc1c(N=Nc3ccccc3)c(=O)[nH]n1C2c1ccccc1. The number of fused-ring (bicyclic) bond motifs is 1. The Labute approximate surface area is 179 Å². The van der Waals surface area contributed by atoms with Crippen molar-refractivity contribution in [2.45, 2.75) is 32.7 Å². The molecule has 7 nitrogen and oxygen atoms in total. The Hall–Kier alpha value is -3.74. The van der Waals surface area contributed by atoms with E-state index in [0.717, 1.165) is 11.3 Å². The zero-order chi connectivity index (χ0) is 21.6. The van der Waals surface area contributed by atoms with E-state index >= 15 is 0 Å². The Morgan fingerprint density at radius 1 is 0.935 bits per heavy atom. The van der Waals surface area contributed by atoms with E-state index < -0.39 is 6.04 Å². The van der Waals surface area contributed by atoms with Crippen molar-refractivity contribution in [3.63, 3.8) is 0 Å². The third kappa shape index (κ3) is 3.42. The largest absolute Gasteiger partial charge is 0.342 e. The molecule has 0 saturated carbocycles. The normalized spacial score (nSPS) is 19.8. The molecule has 0 fully saturated rings. The van der Waals surface area contributed by atoms with E-state index in [1.807, 2.05) is 60.7 Å². The predicted octanol–water partition coefficient (Wildman–Crippen LogP) is 5.25. The third-order valence-electron chi connectivity index (χ3n) is 5.76. The Bertz CT molecular complexity index is 1270. The maximum Gasteiger partial charge on any atom is 0.294 e. The fraction of sp³-hybridized carbons (Fsp3) is 0.250. The number of hydrogen-bond donors (Lipinski definition) is 2. The van der Waals surface area contributed by atoms with Gasteiger partial charge in [0.1, 0.15) is 6.04 Å². The van der Waals surface area contributed by atoms with E-state index in [0.29, 0.717) is 29.9 Å². The molecule has 7 heteroatoms. The van der Waals surface area contributed by atoms with Gasteiger partial charge >= 0.3 is 0 Å². The molecule has 156 valence electrons. The summed E-state index contributed by atoms with van der Waals surface area (Å²) in [6, 6.07) is 18.6. The number of hydrogen-bond acceptors (Lipinski definition) is 5. The lowest BCUT2D eigenvalue weighted by molar-refractivity contribution is -0.118. The highest BCUT2D eigenvalue weighted by Crippen LogP contribution is 2.46. The molecule has 2 aliphatic rings. The molecule has 5 rings (SSSR count). The summed E-state index contributed by atoms with van der Waals surface area (Å²) in [5.41, 5.74) is 2.84. The summed E-state index contributed by atoms with van der Waals surface area (Å²) in [6.45, 7) is 4.17. The van der Waals surface area contributed by atoms with Crippen LogP contribution in [0.1, 0.15) is 38.3 Å². The molecule has 0 amide bonds. The average Bonchev–Trinajstić information content (AvgIpc) is 3.06. The highest BCUT2D eigenvalue weighted by Gasteiger charge is 2.42. The van der Waals surface area contributed by atoms with Crippen LogP contribution in [0.2, 0.25) is 0 Å². The lowest BCUT2D eigenvalue weighted by atomic mass is 9.73. The van der Waals surface area contributed by atoms with Crippen molar-refractivity contribution in [3.05, 3.63) is 87.9 Å². The van der Waals surface area contributed by atoms with Crippen molar-refractivity contribution >= 4 is 23.0 Å². The number of azo groups is 1. The number of rotatable bonds is 3. The van der Waals surface area contributed by atoms with Crippen molar-refractivity contribution in [2.75, 3.05) is 5.32 Å². The smallest absolute Gasteiger partial charge is 0.294 e. The van der Waals surface area contributed by atoms with Crippen molar-refractivity contribution < 1.29 is 4.79 Å². The lowest BCUT2D eigenvalue weighted by Crippen LogP contribution is -2.36. The number of carbonyl (C=O) groups is 1. The van der Waals surface area contributed by atoms with Gasteiger partial charge in [-0.1, -0.05) is 62.4 Å². The molecular weight excluding hydrogens is 390 g/mol. The van der Waals surface area contributed by atoms with Crippen molar-refractivity contribution in [3.8, 4) is 0 Å². The molecule has 0 radical (unpaired) electrons. The van der Waals surface area contributed by atoms with Crippen LogP contribution in [0.5, 0.6) is 0 Å². The Morgan fingerprint density at radius 2 is 1.61 bits per heavy atom. The fourth-order valence-corrected chi connectivity index (χ4v) is 4.43. The second kappa shape index (κ2) is 7.19. The summed E-state index contributed by atoms with van der Waals surface area (Å²) in [6.07, 6.45) is 1.18. The highest BCUT2D eigenvalue weighted by atomic mass is 16.1. The molecule has 1 atom stereocenters. The number of allylic oxidation sites excluding steroid dienone is 2. The van der Waals surface area contributed by atoms with Gasteiger partial charge in [-0.3, -0.25) is 19.4 Å². The molecule has 3 aromatic rings. The van der Waals surface area contributed by atoms with Gasteiger partial charge in [-0.25, -0.2) is 0 Å². The topological polar surface area (TPSA) is 91.6 Å². The molecule has 1 aliphatic heterocycles. The number of aromatic amines is 1. The quantitative estimate of drug-likeness (QED) is 0.575. The zero-order valence-corrected chi connectivity index (χ0v) is 17.4. The van der Waals surface area contributed by atoms with Gasteiger partial charge in [-0.15, -0.1) is 5.11 Å². The van der Waals surface area contributed by atoms with Crippen LogP contribution < -0.4 is 10.9 Å². The lowest BCUT2D eigenvalue weighted by Gasteiger charge is -2.39. The third-order valence-corrected chi connectivity index (χ3v) is 5.76. The van der Waals surface area contributed by atoms with Gasteiger partial charge in [-0.05, 0) is 29.5 Å². The molecule has 31 heavy (non-hydrogen) atoms. The Morgan fingerprint density at radius 3 is 2.32 bits per heavy atom. The van der Waals surface area contributed by atoms with Crippen molar-refractivity contribution in [2.24, 2.45) is 15.6 Å².